The second-order valence-electron chi connectivity index (χ2n) is 4.64. The van der Waals surface area contributed by atoms with E-state index in [1.54, 1.807) is 13.8 Å². The largest absolute Gasteiger partial charge is 0.488 e. The third kappa shape index (κ3) is 3.39. The van der Waals surface area contributed by atoms with Crippen molar-refractivity contribution in [2.24, 2.45) is 0 Å². The Labute approximate surface area is 120 Å². The molecule has 0 spiro atoms. The summed E-state index contributed by atoms with van der Waals surface area (Å²) in [5, 5.41) is 0. The van der Waals surface area contributed by atoms with E-state index in [0.29, 0.717) is 0 Å². The molecular formula is C15H14F3NO2. The van der Waals surface area contributed by atoms with E-state index in [1.807, 2.05) is 0 Å². The molecule has 2 rings (SSSR count). The van der Waals surface area contributed by atoms with Crippen LogP contribution in [0, 0.1) is 17.5 Å². The molecule has 2 aromatic carbocycles. The molecule has 0 radical (unpaired) electrons. The van der Waals surface area contributed by atoms with Crippen LogP contribution in [0.2, 0.25) is 0 Å². The molecule has 0 saturated carbocycles. The SMILES string of the molecule is CC(C)Oc1cc(Oc2cccc(F)c2F)c(N)cc1F. The van der Waals surface area contributed by atoms with E-state index in [1.165, 1.54) is 18.2 Å². The summed E-state index contributed by atoms with van der Waals surface area (Å²) in [5.41, 5.74) is 5.57. The quantitative estimate of drug-likeness (QED) is 0.857. The van der Waals surface area contributed by atoms with Crippen LogP contribution in [0.25, 0.3) is 0 Å². The van der Waals surface area contributed by atoms with Crippen molar-refractivity contribution in [2.75, 3.05) is 5.73 Å². The topological polar surface area (TPSA) is 44.5 Å². The first-order chi connectivity index (χ1) is 9.88. The predicted molar refractivity (Wildman–Crippen MR) is 73.0 cm³/mol. The van der Waals surface area contributed by atoms with E-state index in [-0.39, 0.29) is 29.0 Å². The number of benzene rings is 2. The van der Waals surface area contributed by atoms with E-state index in [9.17, 15) is 13.2 Å². The highest BCUT2D eigenvalue weighted by Gasteiger charge is 2.15. The van der Waals surface area contributed by atoms with Gasteiger partial charge in [0.2, 0.25) is 5.82 Å². The molecule has 0 unspecified atom stereocenters. The van der Waals surface area contributed by atoms with Gasteiger partial charge in [0.05, 0.1) is 11.8 Å². The summed E-state index contributed by atoms with van der Waals surface area (Å²) in [5.74, 6) is -3.29. The maximum Gasteiger partial charge on any atom is 0.201 e. The summed E-state index contributed by atoms with van der Waals surface area (Å²) in [6.45, 7) is 3.45. The van der Waals surface area contributed by atoms with Gasteiger partial charge in [-0.2, -0.15) is 4.39 Å². The zero-order chi connectivity index (χ0) is 15.6. The fraction of sp³-hybridized carbons (Fsp3) is 0.200. The van der Waals surface area contributed by atoms with Crippen molar-refractivity contribution in [1.82, 2.24) is 0 Å². The van der Waals surface area contributed by atoms with Gasteiger partial charge in [-0.05, 0) is 26.0 Å². The zero-order valence-electron chi connectivity index (χ0n) is 11.5. The van der Waals surface area contributed by atoms with Crippen LogP contribution in [-0.2, 0) is 0 Å². The Hall–Kier alpha value is -2.37. The molecule has 0 saturated heterocycles. The fourth-order valence-corrected chi connectivity index (χ4v) is 1.66. The van der Waals surface area contributed by atoms with Gasteiger partial charge in [0, 0.05) is 12.1 Å². The molecule has 0 amide bonds. The number of rotatable bonds is 4. The molecule has 2 N–H and O–H groups in total. The van der Waals surface area contributed by atoms with Gasteiger partial charge in [-0.15, -0.1) is 0 Å². The van der Waals surface area contributed by atoms with Crippen LogP contribution in [0.3, 0.4) is 0 Å². The molecule has 0 fully saturated rings. The highest BCUT2D eigenvalue weighted by atomic mass is 19.2. The number of hydrogen-bond acceptors (Lipinski definition) is 3. The highest BCUT2D eigenvalue weighted by Crippen LogP contribution is 2.35. The van der Waals surface area contributed by atoms with Crippen molar-refractivity contribution in [1.29, 1.82) is 0 Å². The van der Waals surface area contributed by atoms with Crippen molar-refractivity contribution < 1.29 is 22.6 Å². The number of ether oxygens (including phenoxy) is 2. The van der Waals surface area contributed by atoms with Crippen LogP contribution in [0.15, 0.2) is 30.3 Å². The minimum atomic E-state index is -1.15. The molecule has 0 atom stereocenters. The molecule has 0 aliphatic carbocycles. The van der Waals surface area contributed by atoms with Gasteiger partial charge >= 0.3 is 0 Å². The molecule has 6 heteroatoms. The molecule has 0 aliphatic rings. The number of nitrogen functional groups attached to an aromatic ring is 1. The minimum Gasteiger partial charge on any atom is -0.488 e. The average Bonchev–Trinajstić information content (AvgIpc) is 2.40. The van der Waals surface area contributed by atoms with Gasteiger partial charge in [-0.1, -0.05) is 6.07 Å². The van der Waals surface area contributed by atoms with Crippen LogP contribution in [0.4, 0.5) is 18.9 Å². The van der Waals surface area contributed by atoms with E-state index in [0.717, 1.165) is 12.1 Å². The number of nitrogens with two attached hydrogens (primary N) is 1. The van der Waals surface area contributed by atoms with Crippen molar-refractivity contribution in [3.05, 3.63) is 47.8 Å². The minimum absolute atomic E-state index is 0.0171. The molecule has 0 bridgehead atoms. The van der Waals surface area contributed by atoms with Gasteiger partial charge in [-0.3, -0.25) is 0 Å². The Bertz CT molecular complexity index is 660. The number of halogens is 3. The molecule has 3 nitrogen and oxygen atoms in total. The van der Waals surface area contributed by atoms with E-state index in [4.69, 9.17) is 15.2 Å². The summed E-state index contributed by atoms with van der Waals surface area (Å²) in [4.78, 5) is 0. The van der Waals surface area contributed by atoms with Crippen LogP contribution in [0.5, 0.6) is 17.2 Å². The Morgan fingerprint density at radius 2 is 1.67 bits per heavy atom. The first-order valence-electron chi connectivity index (χ1n) is 6.26. The molecular weight excluding hydrogens is 283 g/mol. The van der Waals surface area contributed by atoms with Gasteiger partial charge < -0.3 is 15.2 Å². The molecule has 0 aliphatic heterocycles. The van der Waals surface area contributed by atoms with E-state index >= 15 is 0 Å². The Balaban J connectivity index is 2.37. The standard InChI is InChI=1S/C15H14F3NO2/c1-8(2)20-13-7-14(11(19)6-10(13)17)21-12-5-3-4-9(16)15(12)18/h3-8H,19H2,1-2H3. The summed E-state index contributed by atoms with van der Waals surface area (Å²) in [7, 11) is 0. The second-order valence-corrected chi connectivity index (χ2v) is 4.64. The van der Waals surface area contributed by atoms with E-state index in [2.05, 4.69) is 0 Å². The van der Waals surface area contributed by atoms with Gasteiger partial charge in [-0.25, -0.2) is 8.78 Å². The summed E-state index contributed by atoms with van der Waals surface area (Å²) in [6, 6.07) is 5.70. The summed E-state index contributed by atoms with van der Waals surface area (Å²) in [6.07, 6.45) is -0.262. The lowest BCUT2D eigenvalue weighted by Crippen LogP contribution is -2.07. The lowest BCUT2D eigenvalue weighted by molar-refractivity contribution is 0.230. The molecule has 2 aromatic rings. The van der Waals surface area contributed by atoms with Crippen molar-refractivity contribution >= 4 is 5.69 Å². The predicted octanol–water partition coefficient (Wildman–Crippen LogP) is 4.27. The third-order valence-corrected chi connectivity index (χ3v) is 2.56. The lowest BCUT2D eigenvalue weighted by atomic mass is 10.2. The third-order valence-electron chi connectivity index (χ3n) is 2.56. The maximum atomic E-state index is 13.7. The molecule has 0 heterocycles. The Morgan fingerprint density at radius 1 is 0.952 bits per heavy atom. The number of anilines is 1. The lowest BCUT2D eigenvalue weighted by Gasteiger charge is -2.14. The zero-order valence-corrected chi connectivity index (χ0v) is 11.5. The van der Waals surface area contributed by atoms with Crippen molar-refractivity contribution in [3.8, 4) is 17.2 Å². The number of hydrogen-bond donors (Lipinski definition) is 1. The van der Waals surface area contributed by atoms with Gasteiger partial charge in [0.15, 0.2) is 28.9 Å². The van der Waals surface area contributed by atoms with Crippen LogP contribution in [0.1, 0.15) is 13.8 Å². The van der Waals surface area contributed by atoms with Crippen LogP contribution >= 0.6 is 0 Å². The van der Waals surface area contributed by atoms with Crippen molar-refractivity contribution in [2.45, 2.75) is 20.0 Å². The smallest absolute Gasteiger partial charge is 0.201 e. The summed E-state index contributed by atoms with van der Waals surface area (Å²) >= 11 is 0. The van der Waals surface area contributed by atoms with Crippen LogP contribution < -0.4 is 15.2 Å². The Kier molecular flexibility index (Phi) is 4.26. The molecule has 0 aromatic heterocycles. The monoisotopic (exact) mass is 297 g/mol. The average molecular weight is 297 g/mol. The molecule has 112 valence electrons. The first-order valence-corrected chi connectivity index (χ1v) is 6.26. The van der Waals surface area contributed by atoms with Crippen molar-refractivity contribution in [3.63, 3.8) is 0 Å². The maximum absolute atomic E-state index is 13.7. The first kappa shape index (κ1) is 15.0. The normalized spacial score (nSPS) is 10.8. The van der Waals surface area contributed by atoms with Gasteiger partial charge in [0.25, 0.3) is 0 Å². The second kappa shape index (κ2) is 5.95. The Morgan fingerprint density at radius 3 is 2.33 bits per heavy atom. The fourth-order valence-electron chi connectivity index (χ4n) is 1.66. The highest BCUT2D eigenvalue weighted by molar-refractivity contribution is 5.57. The van der Waals surface area contributed by atoms with Gasteiger partial charge in [0.1, 0.15) is 0 Å². The molecule has 21 heavy (non-hydrogen) atoms. The van der Waals surface area contributed by atoms with Crippen LogP contribution in [-0.4, -0.2) is 6.10 Å². The summed E-state index contributed by atoms with van der Waals surface area (Å²) < 4.78 is 50.8. The van der Waals surface area contributed by atoms with E-state index < -0.39 is 17.5 Å².